The average Bonchev–Trinajstić information content (AvgIpc) is 3.19. The molecule has 1 atom stereocenters. The Balaban J connectivity index is 2.19. The summed E-state index contributed by atoms with van der Waals surface area (Å²) in [6.45, 7) is 0.241. The van der Waals surface area contributed by atoms with E-state index in [-0.39, 0.29) is 18.2 Å². The molecule has 104 valence electrons. The van der Waals surface area contributed by atoms with Gasteiger partial charge in [-0.2, -0.15) is 13.2 Å². The maximum absolute atomic E-state index is 12.8. The molecule has 0 bridgehead atoms. The molecule has 0 saturated heterocycles. The quantitative estimate of drug-likeness (QED) is 0.882. The zero-order chi connectivity index (χ0) is 14.0. The van der Waals surface area contributed by atoms with Gasteiger partial charge in [0.1, 0.15) is 0 Å². The summed E-state index contributed by atoms with van der Waals surface area (Å²) in [7, 11) is 0. The lowest BCUT2D eigenvalue weighted by Crippen LogP contribution is -2.42. The van der Waals surface area contributed by atoms with Crippen molar-refractivity contribution in [1.82, 2.24) is 5.32 Å². The number of benzene rings is 1. The van der Waals surface area contributed by atoms with Crippen LogP contribution < -0.4 is 11.1 Å². The number of hydrogen-bond donors (Lipinski definition) is 2. The third-order valence-corrected chi connectivity index (χ3v) is 3.24. The molecule has 0 spiro atoms. The minimum atomic E-state index is -4.54. The maximum Gasteiger partial charge on any atom is 0.417 e. The second kappa shape index (κ2) is 5.21. The Labute approximate surface area is 109 Å². The topological polar surface area (TPSA) is 55.1 Å². The maximum atomic E-state index is 12.8. The minimum absolute atomic E-state index is 0.241. The van der Waals surface area contributed by atoms with Crippen molar-refractivity contribution in [2.45, 2.75) is 25.1 Å². The summed E-state index contributed by atoms with van der Waals surface area (Å²) in [6, 6.07) is 4.52. The molecule has 1 saturated carbocycles. The molecule has 2 rings (SSSR count). The summed E-state index contributed by atoms with van der Waals surface area (Å²) < 4.78 is 38.4. The smallest absolute Gasteiger partial charge is 0.348 e. The molecule has 3 N–H and O–H groups in total. The molecule has 1 fully saturated rings. The molecule has 0 radical (unpaired) electrons. The number of halogens is 3. The normalized spacial score (nSPS) is 17.1. The van der Waals surface area contributed by atoms with Gasteiger partial charge in [-0.1, -0.05) is 12.1 Å². The molecule has 1 aromatic rings. The molecule has 1 aliphatic rings. The zero-order valence-corrected chi connectivity index (χ0v) is 10.2. The van der Waals surface area contributed by atoms with Crippen LogP contribution in [0.15, 0.2) is 24.3 Å². The van der Waals surface area contributed by atoms with Gasteiger partial charge in [-0.15, -0.1) is 0 Å². The van der Waals surface area contributed by atoms with E-state index in [9.17, 15) is 18.0 Å². The third-order valence-electron chi connectivity index (χ3n) is 3.24. The zero-order valence-electron chi connectivity index (χ0n) is 10.2. The standard InChI is InChI=1S/C13H15F3N2O/c14-13(15,16)10-4-2-1-3-9(10)12(19)18-11(7-17)8-5-6-8/h1-4,8,11H,5-7,17H2,(H,18,19)/t11-/m1/s1. The number of alkyl halides is 3. The summed E-state index contributed by atoms with van der Waals surface area (Å²) in [5, 5.41) is 2.59. The van der Waals surface area contributed by atoms with Crippen molar-refractivity contribution >= 4 is 5.91 Å². The van der Waals surface area contributed by atoms with Gasteiger partial charge >= 0.3 is 6.18 Å². The highest BCUT2D eigenvalue weighted by Crippen LogP contribution is 2.34. The highest BCUT2D eigenvalue weighted by molar-refractivity contribution is 5.96. The Morgan fingerprint density at radius 2 is 2.00 bits per heavy atom. The van der Waals surface area contributed by atoms with Crippen molar-refractivity contribution in [3.8, 4) is 0 Å². The van der Waals surface area contributed by atoms with Crippen LogP contribution in [0, 0.1) is 5.92 Å². The fraction of sp³-hybridized carbons (Fsp3) is 0.462. The van der Waals surface area contributed by atoms with Gasteiger partial charge in [-0.25, -0.2) is 0 Å². The Kier molecular flexibility index (Phi) is 3.80. The van der Waals surface area contributed by atoms with E-state index in [2.05, 4.69) is 5.32 Å². The summed E-state index contributed by atoms with van der Waals surface area (Å²) in [5.41, 5.74) is 4.26. The van der Waals surface area contributed by atoms with E-state index in [0.717, 1.165) is 18.9 Å². The molecule has 1 aromatic carbocycles. The number of nitrogens with one attached hydrogen (secondary N) is 1. The van der Waals surface area contributed by atoms with Crippen molar-refractivity contribution in [2.24, 2.45) is 11.7 Å². The van der Waals surface area contributed by atoms with Crippen LogP contribution in [-0.2, 0) is 6.18 Å². The molecule has 0 aliphatic heterocycles. The summed E-state index contributed by atoms with van der Waals surface area (Å²) in [5.74, 6) is -0.415. The Morgan fingerprint density at radius 1 is 1.37 bits per heavy atom. The fourth-order valence-electron chi connectivity index (χ4n) is 2.04. The number of carbonyl (C=O) groups excluding carboxylic acids is 1. The first-order valence-corrected chi connectivity index (χ1v) is 6.10. The number of nitrogens with two attached hydrogens (primary N) is 1. The summed E-state index contributed by atoms with van der Waals surface area (Å²) in [4.78, 5) is 11.9. The van der Waals surface area contributed by atoms with Crippen LogP contribution in [0.2, 0.25) is 0 Å². The number of hydrogen-bond acceptors (Lipinski definition) is 2. The molecule has 1 amide bonds. The first kappa shape index (κ1) is 13.9. The van der Waals surface area contributed by atoms with Crippen LogP contribution in [0.3, 0.4) is 0 Å². The molecule has 0 heterocycles. The van der Waals surface area contributed by atoms with Crippen LogP contribution in [0.1, 0.15) is 28.8 Å². The third kappa shape index (κ3) is 3.26. The van der Waals surface area contributed by atoms with Gasteiger partial charge in [0.25, 0.3) is 5.91 Å². The van der Waals surface area contributed by atoms with Gasteiger partial charge in [0, 0.05) is 12.6 Å². The Bertz CT molecular complexity index is 469. The van der Waals surface area contributed by atoms with Gasteiger partial charge in [0.05, 0.1) is 11.1 Å². The lowest BCUT2D eigenvalue weighted by Gasteiger charge is -2.18. The van der Waals surface area contributed by atoms with E-state index in [1.165, 1.54) is 18.2 Å². The second-order valence-electron chi connectivity index (χ2n) is 4.70. The van der Waals surface area contributed by atoms with Crippen molar-refractivity contribution in [1.29, 1.82) is 0 Å². The van der Waals surface area contributed by atoms with Gasteiger partial charge in [-0.3, -0.25) is 4.79 Å². The number of rotatable bonds is 4. The average molecular weight is 272 g/mol. The highest BCUT2D eigenvalue weighted by Gasteiger charge is 2.36. The fourth-order valence-corrected chi connectivity index (χ4v) is 2.04. The molecule has 1 aliphatic carbocycles. The molecule has 0 unspecified atom stereocenters. The molecular weight excluding hydrogens is 257 g/mol. The van der Waals surface area contributed by atoms with Crippen LogP contribution in [0.25, 0.3) is 0 Å². The highest BCUT2D eigenvalue weighted by atomic mass is 19.4. The lowest BCUT2D eigenvalue weighted by molar-refractivity contribution is -0.137. The molecule has 6 heteroatoms. The van der Waals surface area contributed by atoms with Gasteiger partial charge in [-0.05, 0) is 30.9 Å². The number of amides is 1. The minimum Gasteiger partial charge on any atom is -0.348 e. The van der Waals surface area contributed by atoms with Crippen molar-refractivity contribution in [3.05, 3.63) is 35.4 Å². The monoisotopic (exact) mass is 272 g/mol. The first-order valence-electron chi connectivity index (χ1n) is 6.10. The van der Waals surface area contributed by atoms with E-state index in [0.29, 0.717) is 5.92 Å². The summed E-state index contributed by atoms with van der Waals surface area (Å²) in [6.07, 6.45) is -2.61. The van der Waals surface area contributed by atoms with Gasteiger partial charge in [0.15, 0.2) is 0 Å². The lowest BCUT2D eigenvalue weighted by atomic mass is 10.1. The van der Waals surface area contributed by atoms with E-state index >= 15 is 0 Å². The second-order valence-corrected chi connectivity index (χ2v) is 4.70. The van der Waals surface area contributed by atoms with Crippen molar-refractivity contribution in [3.63, 3.8) is 0 Å². The van der Waals surface area contributed by atoms with Gasteiger partial charge in [0.2, 0.25) is 0 Å². The Hall–Kier alpha value is -1.56. The summed E-state index contributed by atoms with van der Waals surface area (Å²) >= 11 is 0. The van der Waals surface area contributed by atoms with Crippen molar-refractivity contribution in [2.75, 3.05) is 6.54 Å². The molecule has 3 nitrogen and oxygen atoms in total. The van der Waals surface area contributed by atoms with E-state index in [1.54, 1.807) is 0 Å². The SMILES string of the molecule is NC[C@@H](NC(=O)c1ccccc1C(F)(F)F)C1CC1. The molecular formula is C13H15F3N2O. The predicted octanol–water partition coefficient (Wildman–Crippen LogP) is 2.17. The van der Waals surface area contributed by atoms with Crippen LogP contribution in [0.5, 0.6) is 0 Å². The van der Waals surface area contributed by atoms with Crippen LogP contribution in [0.4, 0.5) is 13.2 Å². The van der Waals surface area contributed by atoms with Crippen LogP contribution >= 0.6 is 0 Å². The van der Waals surface area contributed by atoms with Gasteiger partial charge < -0.3 is 11.1 Å². The first-order chi connectivity index (χ1) is 8.93. The number of carbonyl (C=O) groups is 1. The van der Waals surface area contributed by atoms with Crippen molar-refractivity contribution < 1.29 is 18.0 Å². The largest absolute Gasteiger partial charge is 0.417 e. The molecule has 19 heavy (non-hydrogen) atoms. The molecule has 0 aromatic heterocycles. The Morgan fingerprint density at radius 3 is 2.53 bits per heavy atom. The predicted molar refractivity (Wildman–Crippen MR) is 64.5 cm³/mol. The van der Waals surface area contributed by atoms with E-state index in [1.807, 2.05) is 0 Å². The van der Waals surface area contributed by atoms with E-state index < -0.39 is 17.6 Å². The van der Waals surface area contributed by atoms with Crippen LogP contribution in [-0.4, -0.2) is 18.5 Å². The van der Waals surface area contributed by atoms with E-state index in [4.69, 9.17) is 5.73 Å².